The first-order valence-electron chi connectivity index (χ1n) is 7.38. The van der Waals surface area contributed by atoms with Crippen molar-refractivity contribution >= 4 is 10.8 Å². The molecule has 0 amide bonds. The molecule has 0 aromatic heterocycles. The van der Waals surface area contributed by atoms with E-state index >= 15 is 0 Å². The first kappa shape index (κ1) is 14.1. The molecule has 1 atom stereocenters. The van der Waals surface area contributed by atoms with Crippen LogP contribution in [0.5, 0.6) is 0 Å². The van der Waals surface area contributed by atoms with Crippen LogP contribution in [0.1, 0.15) is 38.7 Å². The number of hydrogen-bond donors (Lipinski definition) is 1. The van der Waals surface area contributed by atoms with E-state index in [9.17, 15) is 0 Å². The summed E-state index contributed by atoms with van der Waals surface area (Å²) in [6, 6.07) is 15.5. The zero-order valence-corrected chi connectivity index (χ0v) is 12.1. The summed E-state index contributed by atoms with van der Waals surface area (Å²) in [7, 11) is 0. The van der Waals surface area contributed by atoms with Crippen molar-refractivity contribution < 1.29 is 0 Å². The second kappa shape index (κ2) is 6.72. The molecular weight excluding hydrogens is 230 g/mol. The highest BCUT2D eigenvalue weighted by Crippen LogP contribution is 2.17. The van der Waals surface area contributed by atoms with E-state index in [-0.39, 0.29) is 0 Å². The monoisotopic (exact) mass is 255 g/mol. The highest BCUT2D eigenvalue weighted by atomic mass is 14.6. The Bertz CT molecular complexity index is 516. The van der Waals surface area contributed by atoms with E-state index < -0.39 is 0 Å². The first-order chi connectivity index (χ1) is 9.15. The molecule has 0 fully saturated rings. The number of rotatable bonds is 6. The maximum atomic E-state index is 6.24. The van der Waals surface area contributed by atoms with Crippen molar-refractivity contribution in [1.29, 1.82) is 0 Å². The summed E-state index contributed by atoms with van der Waals surface area (Å²) in [5.74, 6) is 0.785. The molecule has 0 saturated heterocycles. The van der Waals surface area contributed by atoms with Crippen LogP contribution in [0.4, 0.5) is 0 Å². The van der Waals surface area contributed by atoms with Crippen LogP contribution in [-0.2, 0) is 6.42 Å². The van der Waals surface area contributed by atoms with E-state index in [2.05, 4.69) is 56.3 Å². The fourth-order valence-corrected chi connectivity index (χ4v) is 2.56. The Balaban J connectivity index is 1.93. The van der Waals surface area contributed by atoms with Crippen LogP contribution in [0.15, 0.2) is 42.5 Å². The molecule has 0 aliphatic carbocycles. The van der Waals surface area contributed by atoms with E-state index in [1.165, 1.54) is 29.2 Å². The highest BCUT2D eigenvalue weighted by Gasteiger charge is 2.05. The van der Waals surface area contributed by atoms with Gasteiger partial charge in [0.05, 0.1) is 0 Å². The lowest BCUT2D eigenvalue weighted by Gasteiger charge is -2.13. The Morgan fingerprint density at radius 1 is 0.947 bits per heavy atom. The van der Waals surface area contributed by atoms with Gasteiger partial charge < -0.3 is 5.73 Å². The fourth-order valence-electron chi connectivity index (χ4n) is 2.56. The third-order valence-corrected chi connectivity index (χ3v) is 3.67. The lowest BCUT2D eigenvalue weighted by molar-refractivity contribution is 0.496. The van der Waals surface area contributed by atoms with Crippen molar-refractivity contribution in [1.82, 2.24) is 0 Å². The molecule has 0 aliphatic rings. The third kappa shape index (κ3) is 4.36. The lowest BCUT2D eigenvalue weighted by atomic mass is 9.97. The van der Waals surface area contributed by atoms with Crippen molar-refractivity contribution in [2.75, 3.05) is 0 Å². The Hall–Kier alpha value is -1.34. The minimum atomic E-state index is 0.292. The molecule has 1 nitrogen and oxygen atoms in total. The third-order valence-electron chi connectivity index (χ3n) is 3.67. The normalized spacial score (nSPS) is 13.1. The molecule has 0 heterocycles. The minimum absolute atomic E-state index is 0.292. The SMILES string of the molecule is CC(C)CCCC(N)Cc1ccc2ccccc2c1. The van der Waals surface area contributed by atoms with Crippen molar-refractivity contribution in [3.63, 3.8) is 0 Å². The van der Waals surface area contributed by atoms with Crippen LogP contribution in [0.25, 0.3) is 10.8 Å². The van der Waals surface area contributed by atoms with Gasteiger partial charge in [0, 0.05) is 6.04 Å². The first-order valence-corrected chi connectivity index (χ1v) is 7.38. The lowest BCUT2D eigenvalue weighted by Crippen LogP contribution is -2.22. The van der Waals surface area contributed by atoms with Gasteiger partial charge in [-0.25, -0.2) is 0 Å². The number of hydrogen-bond acceptors (Lipinski definition) is 1. The average molecular weight is 255 g/mol. The molecule has 2 N–H and O–H groups in total. The minimum Gasteiger partial charge on any atom is -0.327 e. The summed E-state index contributed by atoms with van der Waals surface area (Å²) in [5.41, 5.74) is 7.59. The van der Waals surface area contributed by atoms with E-state index in [1.807, 2.05) is 0 Å². The van der Waals surface area contributed by atoms with Gasteiger partial charge in [-0.3, -0.25) is 0 Å². The van der Waals surface area contributed by atoms with Crippen molar-refractivity contribution in [2.45, 2.75) is 45.6 Å². The Labute approximate surface area is 116 Å². The molecule has 1 unspecified atom stereocenters. The zero-order chi connectivity index (χ0) is 13.7. The predicted octanol–water partition coefficient (Wildman–Crippen LogP) is 4.54. The predicted molar refractivity (Wildman–Crippen MR) is 84.3 cm³/mol. The van der Waals surface area contributed by atoms with Gasteiger partial charge in [0.25, 0.3) is 0 Å². The average Bonchev–Trinajstić information content (AvgIpc) is 2.38. The molecule has 0 aliphatic heterocycles. The number of benzene rings is 2. The molecule has 0 saturated carbocycles. The van der Waals surface area contributed by atoms with E-state index in [1.54, 1.807) is 0 Å². The topological polar surface area (TPSA) is 26.0 Å². The van der Waals surface area contributed by atoms with Gasteiger partial charge in [-0.15, -0.1) is 0 Å². The Morgan fingerprint density at radius 3 is 2.42 bits per heavy atom. The summed E-state index contributed by atoms with van der Waals surface area (Å²) in [6.45, 7) is 4.55. The molecule has 1 heteroatoms. The largest absolute Gasteiger partial charge is 0.327 e. The van der Waals surface area contributed by atoms with Gasteiger partial charge in [-0.05, 0) is 35.1 Å². The van der Waals surface area contributed by atoms with Gasteiger partial charge in [-0.1, -0.05) is 69.2 Å². The van der Waals surface area contributed by atoms with Crippen LogP contribution >= 0.6 is 0 Å². The summed E-state index contributed by atoms with van der Waals surface area (Å²) in [6.07, 6.45) is 4.64. The molecule has 2 aromatic rings. The molecule has 19 heavy (non-hydrogen) atoms. The zero-order valence-electron chi connectivity index (χ0n) is 12.1. The number of nitrogens with two attached hydrogens (primary N) is 1. The Kier molecular flexibility index (Phi) is 4.98. The van der Waals surface area contributed by atoms with Crippen LogP contribution in [0.2, 0.25) is 0 Å². The van der Waals surface area contributed by atoms with Gasteiger partial charge in [0.1, 0.15) is 0 Å². The molecule has 102 valence electrons. The molecule has 2 aromatic carbocycles. The molecule has 0 radical (unpaired) electrons. The van der Waals surface area contributed by atoms with Gasteiger partial charge >= 0.3 is 0 Å². The summed E-state index contributed by atoms with van der Waals surface area (Å²) in [4.78, 5) is 0. The second-order valence-corrected chi connectivity index (χ2v) is 5.97. The Morgan fingerprint density at radius 2 is 1.68 bits per heavy atom. The quantitative estimate of drug-likeness (QED) is 0.806. The maximum Gasteiger partial charge on any atom is 0.00793 e. The summed E-state index contributed by atoms with van der Waals surface area (Å²) < 4.78 is 0. The summed E-state index contributed by atoms with van der Waals surface area (Å²) in [5, 5.41) is 2.62. The van der Waals surface area contributed by atoms with Crippen LogP contribution in [0, 0.1) is 5.92 Å². The van der Waals surface area contributed by atoms with E-state index in [4.69, 9.17) is 5.73 Å². The van der Waals surface area contributed by atoms with E-state index in [0.29, 0.717) is 6.04 Å². The summed E-state index contributed by atoms with van der Waals surface area (Å²) >= 11 is 0. The van der Waals surface area contributed by atoms with Crippen molar-refractivity contribution in [3.05, 3.63) is 48.0 Å². The molecule has 2 rings (SSSR count). The van der Waals surface area contributed by atoms with Gasteiger partial charge in [0.15, 0.2) is 0 Å². The van der Waals surface area contributed by atoms with Gasteiger partial charge in [-0.2, -0.15) is 0 Å². The van der Waals surface area contributed by atoms with E-state index in [0.717, 1.165) is 18.8 Å². The molecular formula is C18H25N. The standard InChI is InChI=1S/C18H25N/c1-14(2)6-5-9-18(19)13-15-10-11-16-7-3-4-8-17(16)12-15/h3-4,7-8,10-12,14,18H,5-6,9,13,19H2,1-2H3. The molecule has 0 spiro atoms. The fraction of sp³-hybridized carbons (Fsp3) is 0.444. The molecule has 0 bridgehead atoms. The highest BCUT2D eigenvalue weighted by molar-refractivity contribution is 5.82. The number of fused-ring (bicyclic) bond motifs is 1. The van der Waals surface area contributed by atoms with Crippen molar-refractivity contribution in [2.24, 2.45) is 11.7 Å². The van der Waals surface area contributed by atoms with Crippen LogP contribution in [-0.4, -0.2) is 6.04 Å². The van der Waals surface area contributed by atoms with Gasteiger partial charge in [0.2, 0.25) is 0 Å². The van der Waals surface area contributed by atoms with Crippen LogP contribution < -0.4 is 5.73 Å². The smallest absolute Gasteiger partial charge is 0.00793 e. The maximum absolute atomic E-state index is 6.24. The van der Waals surface area contributed by atoms with Crippen molar-refractivity contribution in [3.8, 4) is 0 Å². The second-order valence-electron chi connectivity index (χ2n) is 5.97. The van der Waals surface area contributed by atoms with Crippen LogP contribution in [0.3, 0.4) is 0 Å².